The largest absolute Gasteiger partial charge is 0.495 e. The lowest BCUT2D eigenvalue weighted by atomic mass is 10.2. The van der Waals surface area contributed by atoms with Crippen LogP contribution in [0.25, 0.3) is 21.8 Å². The van der Waals surface area contributed by atoms with E-state index in [2.05, 4.69) is 31.9 Å². The molecule has 4 heterocycles. The van der Waals surface area contributed by atoms with Gasteiger partial charge in [0.05, 0.1) is 42.3 Å². The van der Waals surface area contributed by atoms with Crippen LogP contribution in [-0.4, -0.2) is 66.3 Å². The van der Waals surface area contributed by atoms with E-state index in [1.807, 2.05) is 59.4 Å². The van der Waals surface area contributed by atoms with Crippen LogP contribution in [0.4, 0.5) is 17.2 Å². The number of carbonyl (C=O) groups excluding carboxylic acids is 1. The van der Waals surface area contributed by atoms with Crippen molar-refractivity contribution in [2.24, 2.45) is 0 Å². The second-order valence-electron chi connectivity index (χ2n) is 9.59. The first-order valence-electron chi connectivity index (χ1n) is 13.2. The number of nitrogens with one attached hydrogen (secondary N) is 1. The van der Waals surface area contributed by atoms with Crippen LogP contribution in [0.15, 0.2) is 79.9 Å². The number of hydrogen-bond acceptors (Lipinski definition) is 9. The molecule has 3 aromatic heterocycles. The Morgan fingerprint density at radius 3 is 2.79 bits per heavy atom. The van der Waals surface area contributed by atoms with Gasteiger partial charge in [0.1, 0.15) is 23.9 Å². The first-order chi connectivity index (χ1) is 20.4. The molecule has 12 nitrogen and oxygen atoms in total. The number of carboxylic acid groups (broad SMARTS) is 1. The Labute approximate surface area is 241 Å². The van der Waals surface area contributed by atoms with Gasteiger partial charge >= 0.3 is 5.97 Å². The number of fused-ring (bicyclic) bond motifs is 2. The Kier molecular flexibility index (Phi) is 8.23. The van der Waals surface area contributed by atoms with Crippen LogP contribution >= 0.6 is 0 Å². The summed E-state index contributed by atoms with van der Waals surface area (Å²) in [6.07, 6.45) is 7.62. The number of nitrogen functional groups attached to an aromatic ring is 1. The molecule has 1 atom stereocenters. The number of ether oxygens (including phenoxy) is 1. The van der Waals surface area contributed by atoms with E-state index in [9.17, 15) is 9.59 Å². The van der Waals surface area contributed by atoms with Gasteiger partial charge < -0.3 is 25.8 Å². The van der Waals surface area contributed by atoms with Crippen molar-refractivity contribution in [3.8, 4) is 5.75 Å². The van der Waals surface area contributed by atoms with E-state index in [1.165, 1.54) is 11.2 Å². The van der Waals surface area contributed by atoms with Gasteiger partial charge in [-0.2, -0.15) is 5.10 Å². The zero-order valence-corrected chi connectivity index (χ0v) is 23.0. The smallest absolute Gasteiger partial charge is 0.326 e. The van der Waals surface area contributed by atoms with Gasteiger partial charge in [0, 0.05) is 35.3 Å². The summed E-state index contributed by atoms with van der Waals surface area (Å²) in [5, 5.41) is 18.4. The van der Waals surface area contributed by atoms with E-state index in [-0.39, 0.29) is 5.91 Å². The number of pyridine rings is 1. The number of nitrogens with zero attached hydrogens (tertiary/aromatic N) is 6. The predicted molar refractivity (Wildman–Crippen MR) is 159 cm³/mol. The van der Waals surface area contributed by atoms with Crippen molar-refractivity contribution in [1.29, 1.82) is 0 Å². The maximum absolute atomic E-state index is 11.1. The number of rotatable bonds is 7. The number of methoxy groups -OCH3 is 1. The van der Waals surface area contributed by atoms with Gasteiger partial charge in [0.25, 0.3) is 0 Å². The fourth-order valence-corrected chi connectivity index (χ4v) is 4.85. The van der Waals surface area contributed by atoms with Gasteiger partial charge in [0.15, 0.2) is 0 Å². The molecule has 5 aromatic rings. The van der Waals surface area contributed by atoms with Crippen molar-refractivity contribution in [3.05, 3.63) is 85.6 Å². The molecule has 0 radical (unpaired) electrons. The summed E-state index contributed by atoms with van der Waals surface area (Å²) in [5.74, 6) is 0.0473. The fraction of sp³-hybridized carbons (Fsp3) is 0.200. The highest BCUT2D eigenvalue weighted by Gasteiger charge is 2.32. The quantitative estimate of drug-likeness (QED) is 0.194. The van der Waals surface area contributed by atoms with Gasteiger partial charge in [0.2, 0.25) is 5.91 Å². The molecule has 1 amide bonds. The van der Waals surface area contributed by atoms with E-state index in [1.54, 1.807) is 13.3 Å². The lowest BCUT2D eigenvalue weighted by molar-refractivity contribution is -0.146. The maximum atomic E-state index is 11.1. The van der Waals surface area contributed by atoms with Crippen LogP contribution in [0.5, 0.6) is 5.75 Å². The molecule has 1 aliphatic heterocycles. The number of amides is 1. The third-order valence-electron chi connectivity index (χ3n) is 6.92. The lowest BCUT2D eigenvalue weighted by Crippen LogP contribution is -2.39. The Morgan fingerprint density at radius 2 is 2.05 bits per heavy atom. The summed E-state index contributed by atoms with van der Waals surface area (Å²) >= 11 is 0. The molecule has 4 N–H and O–H groups in total. The summed E-state index contributed by atoms with van der Waals surface area (Å²) in [4.78, 5) is 36.1. The molecule has 0 unspecified atom stereocenters. The van der Waals surface area contributed by atoms with Gasteiger partial charge in [-0.1, -0.05) is 12.6 Å². The molecule has 6 rings (SSSR count). The standard InChI is InChI=1S/C22H19N7O.C8H11NO3/c1-30-21-10-19-17(9-18(21)23)22(26-13-25-19)28-15-5-6-20-14(8-15)11-27-29(20)12-16-4-2-3-7-24-16;1-2-7(10)9-5-3-4-6(9)8(11)12/h2-11,13H,12,23H2,1H3,(H,25,26,28);2,6H,1,3-5H2,(H,11,12)/t;6-/m.0/s1. The van der Waals surface area contributed by atoms with Crippen molar-refractivity contribution in [2.45, 2.75) is 25.4 Å². The molecule has 1 aliphatic rings. The number of likely N-dealkylation sites (tertiary alicyclic amines) is 1. The average molecular weight is 567 g/mol. The van der Waals surface area contributed by atoms with Gasteiger partial charge in [-0.3, -0.25) is 14.5 Å². The van der Waals surface area contributed by atoms with Crippen LogP contribution in [0.1, 0.15) is 18.5 Å². The summed E-state index contributed by atoms with van der Waals surface area (Å²) < 4.78 is 7.22. The zero-order chi connectivity index (χ0) is 29.6. The molecule has 214 valence electrons. The van der Waals surface area contributed by atoms with E-state index in [0.29, 0.717) is 36.8 Å². The minimum Gasteiger partial charge on any atom is -0.495 e. The van der Waals surface area contributed by atoms with Crippen LogP contribution in [0, 0.1) is 0 Å². The van der Waals surface area contributed by atoms with Gasteiger partial charge in [-0.15, -0.1) is 0 Å². The molecule has 2 aromatic carbocycles. The van der Waals surface area contributed by atoms with Crippen LogP contribution in [0.2, 0.25) is 0 Å². The Bertz CT molecular complexity index is 1760. The first-order valence-corrected chi connectivity index (χ1v) is 13.2. The number of benzene rings is 2. The summed E-state index contributed by atoms with van der Waals surface area (Å²) in [7, 11) is 1.58. The predicted octanol–water partition coefficient (Wildman–Crippen LogP) is 4.01. The highest BCUT2D eigenvalue weighted by Crippen LogP contribution is 2.31. The second kappa shape index (κ2) is 12.3. The highest BCUT2D eigenvalue weighted by atomic mass is 16.5. The summed E-state index contributed by atoms with van der Waals surface area (Å²) in [6.45, 7) is 4.46. The second-order valence-corrected chi connectivity index (χ2v) is 9.59. The number of aliphatic carboxylic acids is 1. The summed E-state index contributed by atoms with van der Waals surface area (Å²) in [5.41, 5.74) is 10.3. The molecule has 1 fully saturated rings. The van der Waals surface area contributed by atoms with Crippen molar-refractivity contribution < 1.29 is 19.4 Å². The van der Waals surface area contributed by atoms with Gasteiger partial charge in [-0.05, 0) is 55.3 Å². The number of carbonyl (C=O) groups is 2. The van der Waals surface area contributed by atoms with Crippen LogP contribution in [-0.2, 0) is 16.1 Å². The molecule has 42 heavy (non-hydrogen) atoms. The molecule has 0 spiro atoms. The van der Waals surface area contributed by atoms with Crippen LogP contribution < -0.4 is 15.8 Å². The lowest BCUT2D eigenvalue weighted by Gasteiger charge is -2.18. The SMILES string of the molecule is C=CC(=O)N1CCC[C@H]1C(=O)O.COc1cc2ncnc(Nc3ccc4c(cnn4Cc4ccccn4)c3)c2cc1N. The average Bonchev–Trinajstić information content (AvgIpc) is 3.65. The number of aromatic nitrogens is 5. The van der Waals surface area contributed by atoms with Crippen molar-refractivity contribution in [3.63, 3.8) is 0 Å². The summed E-state index contributed by atoms with van der Waals surface area (Å²) in [6, 6.07) is 14.9. The number of nitrogens with two attached hydrogens (primary N) is 1. The maximum Gasteiger partial charge on any atom is 0.326 e. The van der Waals surface area contributed by atoms with Gasteiger partial charge in [-0.25, -0.2) is 14.8 Å². The highest BCUT2D eigenvalue weighted by molar-refractivity contribution is 5.95. The molecule has 1 saturated heterocycles. The molecular weight excluding hydrogens is 536 g/mol. The molecular formula is C30H30N8O4. The molecule has 12 heteroatoms. The molecule has 0 bridgehead atoms. The fourth-order valence-electron chi connectivity index (χ4n) is 4.85. The monoisotopic (exact) mass is 566 g/mol. The Balaban J connectivity index is 0.000000248. The minimum atomic E-state index is -0.928. The third-order valence-corrected chi connectivity index (χ3v) is 6.92. The Hall–Kier alpha value is -5.52. The minimum absolute atomic E-state index is 0.292. The topological polar surface area (TPSA) is 161 Å². The van der Waals surface area contributed by atoms with E-state index < -0.39 is 12.0 Å². The molecule has 0 saturated carbocycles. The first kappa shape index (κ1) is 28.0. The normalized spacial score (nSPS) is 14.3. The van der Waals surface area contributed by atoms with E-state index in [4.69, 9.17) is 15.6 Å². The number of carboxylic acids is 1. The van der Waals surface area contributed by atoms with Crippen molar-refractivity contribution in [2.75, 3.05) is 24.7 Å². The van der Waals surface area contributed by atoms with E-state index >= 15 is 0 Å². The van der Waals surface area contributed by atoms with E-state index in [0.717, 1.165) is 45.7 Å². The zero-order valence-electron chi connectivity index (χ0n) is 23.0. The van der Waals surface area contributed by atoms with Crippen molar-refractivity contribution >= 4 is 50.9 Å². The Morgan fingerprint density at radius 1 is 1.19 bits per heavy atom. The number of anilines is 3. The van der Waals surface area contributed by atoms with Crippen molar-refractivity contribution in [1.82, 2.24) is 29.6 Å². The third kappa shape index (κ3) is 5.97. The number of hydrogen-bond donors (Lipinski definition) is 3. The van der Waals surface area contributed by atoms with Crippen LogP contribution in [0.3, 0.4) is 0 Å². The molecule has 0 aliphatic carbocycles.